The Labute approximate surface area is 134 Å². The fourth-order valence-electron chi connectivity index (χ4n) is 2.50. The van der Waals surface area contributed by atoms with Gasteiger partial charge in [0.25, 0.3) is 0 Å². The van der Waals surface area contributed by atoms with Crippen LogP contribution in [0.3, 0.4) is 0 Å². The van der Waals surface area contributed by atoms with Gasteiger partial charge >= 0.3 is 5.97 Å². The molecule has 0 fully saturated rings. The monoisotopic (exact) mass is 315 g/mol. The lowest BCUT2D eigenvalue weighted by atomic mass is 10.0. The third kappa shape index (κ3) is 3.48. The van der Waals surface area contributed by atoms with Crippen molar-refractivity contribution in [3.05, 3.63) is 36.4 Å². The summed E-state index contributed by atoms with van der Waals surface area (Å²) >= 11 is 0. The molecule has 0 spiro atoms. The number of rotatable bonds is 5. The normalized spacial score (nSPS) is 13.8. The van der Waals surface area contributed by atoms with Gasteiger partial charge in [-0.25, -0.2) is 9.78 Å². The SMILES string of the molecule is CC(C)[C@@H](C(=O)O)N(C(=O)[C@H](C)N)c1ccc2ccccc2n1. The van der Waals surface area contributed by atoms with E-state index in [1.54, 1.807) is 19.9 Å². The Balaban J connectivity index is 2.58. The zero-order chi connectivity index (χ0) is 17.1. The van der Waals surface area contributed by atoms with E-state index in [0.717, 1.165) is 5.39 Å². The lowest BCUT2D eigenvalue weighted by Crippen LogP contribution is -2.53. The van der Waals surface area contributed by atoms with Gasteiger partial charge in [-0.1, -0.05) is 32.0 Å². The molecule has 6 nitrogen and oxygen atoms in total. The van der Waals surface area contributed by atoms with Crippen LogP contribution in [-0.4, -0.2) is 34.1 Å². The third-order valence-corrected chi connectivity index (χ3v) is 3.62. The van der Waals surface area contributed by atoms with Crippen LogP contribution in [0.2, 0.25) is 0 Å². The number of benzene rings is 1. The first-order valence-electron chi connectivity index (χ1n) is 7.50. The van der Waals surface area contributed by atoms with Crippen molar-refractivity contribution in [1.29, 1.82) is 0 Å². The summed E-state index contributed by atoms with van der Waals surface area (Å²) < 4.78 is 0. The number of hydrogen-bond donors (Lipinski definition) is 2. The quantitative estimate of drug-likeness (QED) is 0.880. The summed E-state index contributed by atoms with van der Waals surface area (Å²) in [4.78, 5) is 29.9. The van der Waals surface area contributed by atoms with E-state index < -0.39 is 24.0 Å². The summed E-state index contributed by atoms with van der Waals surface area (Å²) in [5.41, 5.74) is 6.41. The number of carbonyl (C=O) groups excluding carboxylic acids is 1. The van der Waals surface area contributed by atoms with Crippen molar-refractivity contribution in [3.8, 4) is 0 Å². The number of aromatic nitrogens is 1. The number of hydrogen-bond acceptors (Lipinski definition) is 4. The van der Waals surface area contributed by atoms with Crippen LogP contribution in [0.15, 0.2) is 36.4 Å². The average molecular weight is 315 g/mol. The fourth-order valence-corrected chi connectivity index (χ4v) is 2.50. The van der Waals surface area contributed by atoms with E-state index >= 15 is 0 Å². The highest BCUT2D eigenvalue weighted by molar-refractivity contribution is 6.01. The second-order valence-electron chi connectivity index (χ2n) is 5.89. The molecule has 3 N–H and O–H groups in total. The van der Waals surface area contributed by atoms with E-state index in [-0.39, 0.29) is 5.92 Å². The Bertz CT molecular complexity index is 728. The lowest BCUT2D eigenvalue weighted by Gasteiger charge is -2.32. The van der Waals surface area contributed by atoms with Crippen molar-refractivity contribution < 1.29 is 14.7 Å². The maximum atomic E-state index is 12.5. The van der Waals surface area contributed by atoms with Crippen LogP contribution in [0.1, 0.15) is 20.8 Å². The molecule has 0 aliphatic carbocycles. The molecular weight excluding hydrogens is 294 g/mol. The highest BCUT2D eigenvalue weighted by Crippen LogP contribution is 2.23. The van der Waals surface area contributed by atoms with Crippen molar-refractivity contribution in [2.75, 3.05) is 4.90 Å². The van der Waals surface area contributed by atoms with Crippen LogP contribution in [0, 0.1) is 5.92 Å². The summed E-state index contributed by atoms with van der Waals surface area (Å²) in [6.45, 7) is 5.04. The number of pyridine rings is 1. The largest absolute Gasteiger partial charge is 0.480 e. The van der Waals surface area contributed by atoms with Crippen molar-refractivity contribution in [2.45, 2.75) is 32.9 Å². The molecule has 6 heteroatoms. The van der Waals surface area contributed by atoms with E-state index in [9.17, 15) is 14.7 Å². The zero-order valence-electron chi connectivity index (χ0n) is 13.4. The topological polar surface area (TPSA) is 96.5 Å². The Morgan fingerprint density at radius 2 is 1.78 bits per heavy atom. The van der Waals surface area contributed by atoms with Crippen LogP contribution in [-0.2, 0) is 9.59 Å². The Kier molecular flexibility index (Phi) is 4.95. The summed E-state index contributed by atoms with van der Waals surface area (Å²) in [6, 6.07) is 9.08. The number of amides is 1. The molecule has 2 aromatic rings. The molecule has 0 aliphatic heterocycles. The molecule has 0 unspecified atom stereocenters. The van der Waals surface area contributed by atoms with Gasteiger partial charge in [0.1, 0.15) is 11.9 Å². The van der Waals surface area contributed by atoms with Crippen molar-refractivity contribution in [3.63, 3.8) is 0 Å². The van der Waals surface area contributed by atoms with Crippen LogP contribution in [0.5, 0.6) is 0 Å². The lowest BCUT2D eigenvalue weighted by molar-refractivity contribution is -0.141. The number of aliphatic carboxylic acids is 1. The van der Waals surface area contributed by atoms with Crippen LogP contribution < -0.4 is 10.6 Å². The van der Waals surface area contributed by atoms with Gasteiger partial charge in [0.05, 0.1) is 11.6 Å². The highest BCUT2D eigenvalue weighted by Gasteiger charge is 2.35. The first-order valence-corrected chi connectivity index (χ1v) is 7.50. The van der Waals surface area contributed by atoms with Gasteiger partial charge in [-0.2, -0.15) is 0 Å². The van der Waals surface area contributed by atoms with E-state index in [2.05, 4.69) is 4.98 Å². The highest BCUT2D eigenvalue weighted by atomic mass is 16.4. The number of anilines is 1. The Morgan fingerprint density at radius 3 is 2.35 bits per heavy atom. The van der Waals surface area contributed by atoms with Gasteiger partial charge < -0.3 is 10.8 Å². The molecule has 1 aromatic heterocycles. The second kappa shape index (κ2) is 6.75. The standard InChI is InChI=1S/C17H21N3O3/c1-10(2)15(17(22)23)20(16(21)11(3)18)14-9-8-12-6-4-5-7-13(12)19-14/h4-11,15H,18H2,1-3H3,(H,22,23)/t11-,15-/m0/s1. The van der Waals surface area contributed by atoms with E-state index in [4.69, 9.17) is 5.73 Å². The number of fused-ring (bicyclic) bond motifs is 1. The van der Waals surface area contributed by atoms with Gasteiger partial charge in [0.2, 0.25) is 5.91 Å². The molecule has 1 aromatic carbocycles. The van der Waals surface area contributed by atoms with Crippen molar-refractivity contribution in [1.82, 2.24) is 4.98 Å². The maximum absolute atomic E-state index is 12.5. The predicted octanol–water partition coefficient (Wildman–Crippen LogP) is 2.02. The number of nitrogens with two attached hydrogens (primary N) is 1. The van der Waals surface area contributed by atoms with Crippen LogP contribution in [0.4, 0.5) is 5.82 Å². The number of nitrogens with zero attached hydrogens (tertiary/aromatic N) is 2. The van der Waals surface area contributed by atoms with Gasteiger partial charge in [0.15, 0.2) is 0 Å². The number of carboxylic acids is 1. The van der Waals surface area contributed by atoms with Gasteiger partial charge in [-0.05, 0) is 31.0 Å². The smallest absolute Gasteiger partial charge is 0.327 e. The summed E-state index contributed by atoms with van der Waals surface area (Å²) in [6.07, 6.45) is 0. The number of carbonyl (C=O) groups is 2. The third-order valence-electron chi connectivity index (χ3n) is 3.62. The molecule has 0 saturated carbocycles. The van der Waals surface area contributed by atoms with Crippen LogP contribution >= 0.6 is 0 Å². The Morgan fingerprint density at radius 1 is 1.13 bits per heavy atom. The minimum absolute atomic E-state index is 0.288. The minimum Gasteiger partial charge on any atom is -0.480 e. The maximum Gasteiger partial charge on any atom is 0.327 e. The molecule has 2 rings (SSSR count). The summed E-state index contributed by atoms with van der Waals surface area (Å²) in [5, 5.41) is 10.5. The van der Waals surface area contributed by atoms with Crippen molar-refractivity contribution >= 4 is 28.6 Å². The summed E-state index contributed by atoms with van der Waals surface area (Å²) in [5.74, 6) is -1.53. The van der Waals surface area contributed by atoms with E-state index in [1.165, 1.54) is 11.8 Å². The first kappa shape index (κ1) is 16.9. The minimum atomic E-state index is -1.08. The van der Waals surface area contributed by atoms with Gasteiger partial charge in [-0.15, -0.1) is 0 Å². The number of carboxylic acid groups (broad SMARTS) is 1. The van der Waals surface area contributed by atoms with Crippen molar-refractivity contribution in [2.24, 2.45) is 11.7 Å². The molecule has 1 amide bonds. The fraction of sp³-hybridized carbons (Fsp3) is 0.353. The molecule has 23 heavy (non-hydrogen) atoms. The number of para-hydroxylation sites is 1. The zero-order valence-corrected chi connectivity index (χ0v) is 13.4. The van der Waals surface area contributed by atoms with Crippen LogP contribution in [0.25, 0.3) is 10.9 Å². The van der Waals surface area contributed by atoms with Gasteiger partial charge in [-0.3, -0.25) is 9.69 Å². The van der Waals surface area contributed by atoms with E-state index in [0.29, 0.717) is 11.3 Å². The molecular formula is C17H21N3O3. The summed E-state index contributed by atoms with van der Waals surface area (Å²) in [7, 11) is 0. The molecule has 0 aliphatic rings. The van der Waals surface area contributed by atoms with E-state index in [1.807, 2.05) is 30.3 Å². The first-order chi connectivity index (χ1) is 10.8. The predicted molar refractivity (Wildman–Crippen MR) is 89.1 cm³/mol. The Hall–Kier alpha value is -2.47. The molecule has 1 heterocycles. The van der Waals surface area contributed by atoms with Gasteiger partial charge in [0, 0.05) is 5.39 Å². The molecule has 0 bridgehead atoms. The average Bonchev–Trinajstić information content (AvgIpc) is 2.50. The molecule has 122 valence electrons. The molecule has 2 atom stereocenters. The molecule has 0 saturated heterocycles. The molecule has 0 radical (unpaired) electrons. The second-order valence-corrected chi connectivity index (χ2v) is 5.89.